The highest BCUT2D eigenvalue weighted by Crippen LogP contribution is 2.25. The Hall–Kier alpha value is -3.31. The lowest BCUT2D eigenvalue weighted by Gasteiger charge is -2.14. The predicted molar refractivity (Wildman–Crippen MR) is 125 cm³/mol. The molecule has 1 N–H and O–H groups in total. The van der Waals surface area contributed by atoms with E-state index < -0.39 is 0 Å². The second-order valence-electron chi connectivity index (χ2n) is 7.42. The van der Waals surface area contributed by atoms with Crippen molar-refractivity contribution in [2.45, 2.75) is 33.3 Å². The summed E-state index contributed by atoms with van der Waals surface area (Å²) in [6.45, 7) is 4.64. The molecule has 0 aliphatic carbocycles. The minimum absolute atomic E-state index is 0.175. The fourth-order valence-electron chi connectivity index (χ4n) is 3.14. The first-order valence-electron chi connectivity index (χ1n) is 10.5. The first kappa shape index (κ1) is 23.4. The third-order valence-electron chi connectivity index (χ3n) is 5.11. The van der Waals surface area contributed by atoms with Gasteiger partial charge in [-0.1, -0.05) is 41.9 Å². The molecule has 0 aliphatic rings. The summed E-state index contributed by atoms with van der Waals surface area (Å²) in [5.41, 5.74) is 3.38. The van der Waals surface area contributed by atoms with E-state index in [-0.39, 0.29) is 18.3 Å². The minimum atomic E-state index is -0.320. The van der Waals surface area contributed by atoms with Crippen molar-refractivity contribution in [1.82, 2.24) is 5.32 Å². The number of hydrogen-bond acceptors (Lipinski definition) is 4. The van der Waals surface area contributed by atoms with Crippen molar-refractivity contribution in [3.05, 3.63) is 94.0 Å². The average Bonchev–Trinajstić information content (AvgIpc) is 2.79. The number of ether oxygens (including phenoxy) is 2. The zero-order valence-electron chi connectivity index (χ0n) is 18.2. The summed E-state index contributed by atoms with van der Waals surface area (Å²) in [4.78, 5) is 24.5. The van der Waals surface area contributed by atoms with E-state index in [2.05, 4.69) is 5.32 Å². The number of nitrogens with one attached hydrogen (secondary N) is 1. The summed E-state index contributed by atoms with van der Waals surface area (Å²) >= 11 is 5.91. The van der Waals surface area contributed by atoms with Gasteiger partial charge in [0.05, 0.1) is 0 Å². The molecular weight excluding hydrogens is 426 g/mol. The van der Waals surface area contributed by atoms with E-state index in [1.165, 1.54) is 0 Å². The molecular formula is C26H26ClNO4. The van der Waals surface area contributed by atoms with E-state index in [1.54, 1.807) is 30.3 Å². The number of halogens is 1. The summed E-state index contributed by atoms with van der Waals surface area (Å²) in [7, 11) is 0. The zero-order valence-corrected chi connectivity index (χ0v) is 18.9. The highest BCUT2D eigenvalue weighted by molar-refractivity contribution is 6.30. The summed E-state index contributed by atoms with van der Waals surface area (Å²) in [6.07, 6.45) is 0.725. The molecule has 1 amide bonds. The van der Waals surface area contributed by atoms with Gasteiger partial charge in [0.15, 0.2) is 0 Å². The zero-order chi connectivity index (χ0) is 22.9. The number of amides is 1. The molecule has 166 valence electrons. The van der Waals surface area contributed by atoms with Crippen LogP contribution >= 0.6 is 11.6 Å². The second kappa shape index (κ2) is 11.3. The standard InChI is InChI=1S/C26H26ClNO4/c1-18-19(2)24(31-17-20-10-12-21(27)13-11-20)15-14-23(18)26(30)28-16-6-9-25(29)32-22-7-4-3-5-8-22/h3-5,7-8,10-15H,6,9,16-17H2,1-2H3,(H,28,30). The van der Waals surface area contributed by atoms with Crippen molar-refractivity contribution in [3.8, 4) is 11.5 Å². The van der Waals surface area contributed by atoms with Crippen LogP contribution in [0.2, 0.25) is 5.02 Å². The van der Waals surface area contributed by atoms with E-state index in [1.807, 2.05) is 50.2 Å². The highest BCUT2D eigenvalue weighted by atomic mass is 35.5. The van der Waals surface area contributed by atoms with Crippen molar-refractivity contribution in [3.63, 3.8) is 0 Å². The van der Waals surface area contributed by atoms with Gasteiger partial charge in [-0.25, -0.2) is 0 Å². The minimum Gasteiger partial charge on any atom is -0.489 e. The second-order valence-corrected chi connectivity index (χ2v) is 7.86. The normalized spacial score (nSPS) is 10.5. The molecule has 5 nitrogen and oxygen atoms in total. The van der Waals surface area contributed by atoms with Gasteiger partial charge in [0.2, 0.25) is 0 Å². The van der Waals surface area contributed by atoms with Crippen LogP contribution in [-0.2, 0) is 11.4 Å². The molecule has 32 heavy (non-hydrogen) atoms. The predicted octanol–water partition coefficient (Wildman–Crippen LogP) is 5.65. The number of hydrogen-bond donors (Lipinski definition) is 1. The lowest BCUT2D eigenvalue weighted by Crippen LogP contribution is -2.26. The van der Waals surface area contributed by atoms with Crippen LogP contribution in [0.3, 0.4) is 0 Å². The van der Waals surface area contributed by atoms with E-state index in [0.717, 1.165) is 22.4 Å². The lowest BCUT2D eigenvalue weighted by atomic mass is 10.0. The SMILES string of the molecule is Cc1c(OCc2ccc(Cl)cc2)ccc(C(=O)NCCCC(=O)Oc2ccccc2)c1C. The number of carbonyl (C=O) groups excluding carboxylic acids is 2. The van der Waals surface area contributed by atoms with Crippen molar-refractivity contribution in [2.24, 2.45) is 0 Å². The Balaban J connectivity index is 1.48. The summed E-state index contributed by atoms with van der Waals surface area (Å²) in [5, 5.41) is 3.55. The van der Waals surface area contributed by atoms with E-state index in [0.29, 0.717) is 35.9 Å². The summed E-state index contributed by atoms with van der Waals surface area (Å²) in [6, 6.07) is 20.0. The Bertz CT molecular complexity index is 1070. The Kier molecular flexibility index (Phi) is 8.28. The van der Waals surface area contributed by atoms with Gasteiger partial charge < -0.3 is 14.8 Å². The molecule has 0 atom stereocenters. The third-order valence-corrected chi connectivity index (χ3v) is 5.36. The van der Waals surface area contributed by atoms with Crippen LogP contribution in [0.15, 0.2) is 66.7 Å². The van der Waals surface area contributed by atoms with Crippen LogP contribution < -0.4 is 14.8 Å². The smallest absolute Gasteiger partial charge is 0.311 e. The van der Waals surface area contributed by atoms with Gasteiger partial charge in [-0.3, -0.25) is 9.59 Å². The van der Waals surface area contributed by atoms with Gasteiger partial charge in [0, 0.05) is 23.6 Å². The van der Waals surface area contributed by atoms with Crippen LogP contribution in [0, 0.1) is 13.8 Å². The third kappa shape index (κ3) is 6.59. The summed E-state index contributed by atoms with van der Waals surface area (Å²) in [5.74, 6) is 0.759. The summed E-state index contributed by atoms with van der Waals surface area (Å²) < 4.78 is 11.2. The maximum atomic E-state index is 12.6. The molecule has 0 unspecified atom stereocenters. The van der Waals surface area contributed by atoms with Gasteiger partial charge in [-0.15, -0.1) is 0 Å². The Morgan fingerprint density at radius 3 is 2.34 bits per heavy atom. The lowest BCUT2D eigenvalue weighted by molar-refractivity contribution is -0.134. The molecule has 3 aromatic rings. The molecule has 0 saturated heterocycles. The Labute approximate surface area is 193 Å². The van der Waals surface area contributed by atoms with Crippen molar-refractivity contribution < 1.29 is 19.1 Å². The first-order chi connectivity index (χ1) is 15.4. The monoisotopic (exact) mass is 451 g/mol. The van der Waals surface area contributed by atoms with Crippen LogP contribution in [0.4, 0.5) is 0 Å². The van der Waals surface area contributed by atoms with Crippen LogP contribution in [-0.4, -0.2) is 18.4 Å². The van der Waals surface area contributed by atoms with Crippen LogP contribution in [0.5, 0.6) is 11.5 Å². The molecule has 0 fully saturated rings. The van der Waals surface area contributed by atoms with Crippen LogP contribution in [0.25, 0.3) is 0 Å². The van der Waals surface area contributed by atoms with Gasteiger partial charge >= 0.3 is 5.97 Å². The molecule has 3 aromatic carbocycles. The molecule has 0 spiro atoms. The van der Waals surface area contributed by atoms with Crippen LogP contribution in [0.1, 0.15) is 39.9 Å². The molecule has 0 saturated carbocycles. The fraction of sp³-hybridized carbons (Fsp3) is 0.231. The van der Waals surface area contributed by atoms with Gasteiger partial charge in [0.1, 0.15) is 18.1 Å². The van der Waals surface area contributed by atoms with E-state index in [9.17, 15) is 9.59 Å². The number of rotatable bonds is 9. The number of para-hydroxylation sites is 1. The molecule has 6 heteroatoms. The van der Waals surface area contributed by atoms with Crippen molar-refractivity contribution >= 4 is 23.5 Å². The van der Waals surface area contributed by atoms with Gasteiger partial charge in [-0.05, 0) is 73.4 Å². The maximum Gasteiger partial charge on any atom is 0.311 e. The molecule has 0 radical (unpaired) electrons. The van der Waals surface area contributed by atoms with Crippen molar-refractivity contribution in [2.75, 3.05) is 6.54 Å². The average molecular weight is 452 g/mol. The van der Waals surface area contributed by atoms with Gasteiger partial charge in [0.25, 0.3) is 5.91 Å². The number of benzene rings is 3. The molecule has 3 rings (SSSR count). The highest BCUT2D eigenvalue weighted by Gasteiger charge is 2.14. The Morgan fingerprint density at radius 1 is 0.906 bits per heavy atom. The molecule has 0 bridgehead atoms. The quantitative estimate of drug-likeness (QED) is 0.259. The molecule has 0 aliphatic heterocycles. The first-order valence-corrected chi connectivity index (χ1v) is 10.8. The van der Waals surface area contributed by atoms with E-state index >= 15 is 0 Å². The van der Waals surface area contributed by atoms with E-state index in [4.69, 9.17) is 21.1 Å². The number of carbonyl (C=O) groups is 2. The van der Waals surface area contributed by atoms with Crippen molar-refractivity contribution in [1.29, 1.82) is 0 Å². The number of esters is 1. The maximum absolute atomic E-state index is 12.6. The van der Waals surface area contributed by atoms with Gasteiger partial charge in [-0.2, -0.15) is 0 Å². The molecule has 0 heterocycles. The topological polar surface area (TPSA) is 64.6 Å². The molecule has 0 aromatic heterocycles. The largest absolute Gasteiger partial charge is 0.489 e. The Morgan fingerprint density at radius 2 is 1.62 bits per heavy atom. The fourth-order valence-corrected chi connectivity index (χ4v) is 3.27.